The summed E-state index contributed by atoms with van der Waals surface area (Å²) in [7, 11) is 1.87. The Morgan fingerprint density at radius 1 is 1.38 bits per heavy atom. The van der Waals surface area contributed by atoms with Gasteiger partial charge in [0.1, 0.15) is 17.1 Å². The van der Waals surface area contributed by atoms with Gasteiger partial charge in [-0.1, -0.05) is 43.2 Å². The number of nitrogens with zero attached hydrogens (tertiary/aromatic N) is 4. The normalized spacial score (nSPS) is 21.7. The minimum Gasteiger partial charge on any atom is -0.457 e. The molecule has 3 rings (SSSR count). The van der Waals surface area contributed by atoms with Crippen molar-refractivity contribution in [3.8, 4) is 18.5 Å². The van der Waals surface area contributed by atoms with Gasteiger partial charge in [-0.25, -0.2) is 4.98 Å². The second-order valence-electron chi connectivity index (χ2n) is 10.3. The summed E-state index contributed by atoms with van der Waals surface area (Å²) in [5.74, 6) is 3.07. The first kappa shape index (κ1) is 29.8. The summed E-state index contributed by atoms with van der Waals surface area (Å²) in [6.07, 6.45) is 11.0. The minimum atomic E-state index is -0.438. The number of esters is 1. The summed E-state index contributed by atoms with van der Waals surface area (Å²) in [6.45, 7) is 12.5. The molecule has 0 bridgehead atoms. The number of aliphatic imine (C=N–C) groups is 1. The molecule has 1 saturated carbocycles. The second kappa shape index (κ2) is 12.7. The fourth-order valence-electron chi connectivity index (χ4n) is 4.39. The largest absolute Gasteiger partial charge is 0.457 e. The van der Waals surface area contributed by atoms with Crippen molar-refractivity contribution < 1.29 is 14.3 Å². The molecule has 2 aliphatic carbocycles. The van der Waals surface area contributed by atoms with Crippen LogP contribution in [0.2, 0.25) is 5.15 Å². The van der Waals surface area contributed by atoms with Crippen molar-refractivity contribution in [1.82, 2.24) is 9.88 Å². The van der Waals surface area contributed by atoms with Crippen molar-refractivity contribution in [2.24, 2.45) is 22.2 Å². The molecule has 8 heteroatoms. The molecule has 0 spiro atoms. The second-order valence-corrected chi connectivity index (χ2v) is 10.7. The predicted octanol–water partition coefficient (Wildman–Crippen LogP) is 5.52. The van der Waals surface area contributed by atoms with E-state index in [-0.39, 0.29) is 35.4 Å². The van der Waals surface area contributed by atoms with Crippen LogP contribution in [0.5, 0.6) is 0 Å². The van der Waals surface area contributed by atoms with Gasteiger partial charge in [0.25, 0.3) is 0 Å². The topological polar surface area (TPSA) is 95.7 Å². The molecule has 1 aromatic rings. The summed E-state index contributed by atoms with van der Waals surface area (Å²) >= 11 is 5.67. The number of carbonyl (C=O) groups excluding carboxylic acids is 2. The summed E-state index contributed by atoms with van der Waals surface area (Å²) in [5.41, 5.74) is 3.60. The van der Waals surface area contributed by atoms with Crippen molar-refractivity contribution in [3.05, 3.63) is 51.8 Å². The Hall–Kier alpha value is -3.42. The maximum atomic E-state index is 12.5. The Bertz CT molecular complexity index is 1190. The molecule has 0 amide bonds. The first-order valence-corrected chi connectivity index (χ1v) is 12.5. The molecule has 7 nitrogen and oxygen atoms in total. The number of Topliss-reactive ketones (excluding diaryl/α,β-unsaturated/α-hetero) is 1. The van der Waals surface area contributed by atoms with Gasteiger partial charge in [-0.3, -0.25) is 9.59 Å². The van der Waals surface area contributed by atoms with Crippen LogP contribution in [0.15, 0.2) is 46.1 Å². The quantitative estimate of drug-likeness (QED) is 0.0928. The summed E-state index contributed by atoms with van der Waals surface area (Å²) in [6, 6.07) is 3.63. The zero-order valence-electron chi connectivity index (χ0n) is 22.6. The number of halogens is 1. The minimum absolute atomic E-state index is 0.00385. The molecule has 3 atom stereocenters. The molecule has 0 saturated heterocycles. The maximum absolute atomic E-state index is 12.5. The standard InChI is InChI=1S/C19H24O3.C10H11ClN4/c1-7-8-13-12(4)16(10-15(13)20)22-18(21)17-14(9-11(2)3)19(17,5)6;1-8(14-7-12)15(2)6-9-3-4-10(11)13-5-9/h1,9,14,16-17H,8,10H2,2-6H3;3-5H,6H2,1-2H3/t14?,16-,17?;/m0./s1. The van der Waals surface area contributed by atoms with E-state index < -0.39 is 6.10 Å². The Morgan fingerprint density at radius 2 is 2.05 bits per heavy atom. The highest BCUT2D eigenvalue weighted by Gasteiger charge is 2.61. The third-order valence-corrected chi connectivity index (χ3v) is 7.08. The van der Waals surface area contributed by atoms with Crippen molar-refractivity contribution in [3.63, 3.8) is 0 Å². The monoisotopic (exact) mass is 522 g/mol. The highest BCUT2D eigenvalue weighted by molar-refractivity contribution is 6.29. The average Bonchev–Trinajstić information content (AvgIpc) is 3.25. The molecule has 2 aliphatic rings. The molecule has 0 radical (unpaired) electrons. The van der Waals surface area contributed by atoms with Crippen LogP contribution in [0.4, 0.5) is 0 Å². The molecular weight excluding hydrogens is 488 g/mol. The summed E-state index contributed by atoms with van der Waals surface area (Å²) in [5, 5.41) is 8.87. The van der Waals surface area contributed by atoms with Crippen LogP contribution < -0.4 is 0 Å². The number of nitriles is 1. The summed E-state index contributed by atoms with van der Waals surface area (Å²) in [4.78, 5) is 33.9. The van der Waals surface area contributed by atoms with Crippen molar-refractivity contribution >= 4 is 29.2 Å². The number of terminal acetylenes is 1. The van der Waals surface area contributed by atoms with Gasteiger partial charge in [0.05, 0.1) is 12.3 Å². The average molecular weight is 523 g/mol. The van der Waals surface area contributed by atoms with E-state index in [4.69, 9.17) is 28.0 Å². The number of rotatable bonds is 6. The lowest BCUT2D eigenvalue weighted by Gasteiger charge is -2.17. The van der Waals surface area contributed by atoms with Crippen LogP contribution in [-0.4, -0.2) is 40.6 Å². The Balaban J connectivity index is 0.000000281. The first-order valence-electron chi connectivity index (χ1n) is 12.1. The Labute approximate surface area is 225 Å². The Morgan fingerprint density at radius 3 is 2.59 bits per heavy atom. The van der Waals surface area contributed by atoms with Gasteiger partial charge in [0.15, 0.2) is 5.78 Å². The van der Waals surface area contributed by atoms with E-state index in [9.17, 15) is 9.59 Å². The van der Waals surface area contributed by atoms with Gasteiger partial charge in [-0.05, 0) is 56.2 Å². The third kappa shape index (κ3) is 7.78. The van der Waals surface area contributed by atoms with Crippen LogP contribution >= 0.6 is 11.6 Å². The van der Waals surface area contributed by atoms with E-state index >= 15 is 0 Å². The number of pyridine rings is 1. The molecule has 1 heterocycles. The van der Waals surface area contributed by atoms with Crippen LogP contribution in [0.25, 0.3) is 0 Å². The summed E-state index contributed by atoms with van der Waals surface area (Å²) < 4.78 is 5.63. The lowest BCUT2D eigenvalue weighted by atomic mass is 10.1. The van der Waals surface area contributed by atoms with Crippen molar-refractivity contribution in [2.45, 2.75) is 67.0 Å². The van der Waals surface area contributed by atoms with Gasteiger partial charge in [-0.2, -0.15) is 10.3 Å². The third-order valence-electron chi connectivity index (χ3n) is 6.85. The number of carbonyl (C=O) groups is 2. The lowest BCUT2D eigenvalue weighted by Crippen LogP contribution is -2.23. The van der Waals surface area contributed by atoms with E-state index in [2.05, 4.69) is 35.8 Å². The smallest absolute Gasteiger partial charge is 0.310 e. The van der Waals surface area contributed by atoms with E-state index in [1.165, 1.54) is 5.57 Å². The van der Waals surface area contributed by atoms with Gasteiger partial charge in [0, 0.05) is 31.8 Å². The van der Waals surface area contributed by atoms with Crippen LogP contribution in [0, 0.1) is 41.0 Å². The van der Waals surface area contributed by atoms with E-state index in [1.54, 1.807) is 25.4 Å². The predicted molar refractivity (Wildman–Crippen MR) is 145 cm³/mol. The van der Waals surface area contributed by atoms with E-state index in [0.717, 1.165) is 11.1 Å². The van der Waals surface area contributed by atoms with Gasteiger partial charge in [-0.15, -0.1) is 12.3 Å². The van der Waals surface area contributed by atoms with E-state index in [0.29, 0.717) is 29.5 Å². The van der Waals surface area contributed by atoms with Gasteiger partial charge >= 0.3 is 5.97 Å². The highest BCUT2D eigenvalue weighted by atomic mass is 35.5. The van der Waals surface area contributed by atoms with Crippen LogP contribution in [0.3, 0.4) is 0 Å². The Kier molecular flexibility index (Phi) is 10.2. The molecular formula is C29H35ClN4O3. The molecule has 0 aliphatic heterocycles. The van der Waals surface area contributed by atoms with Gasteiger partial charge < -0.3 is 9.64 Å². The van der Waals surface area contributed by atoms with Crippen LogP contribution in [0.1, 0.15) is 59.9 Å². The van der Waals surface area contributed by atoms with E-state index in [1.807, 2.05) is 38.8 Å². The SMILES string of the molecule is C#CCC1=C(C)[C@@H](OC(=O)C2C(C=C(C)C)C2(C)C)CC1=O.CC(=NC#N)N(C)Cc1ccc(Cl)nc1. The van der Waals surface area contributed by atoms with Crippen LogP contribution in [-0.2, 0) is 20.9 Å². The fourth-order valence-corrected chi connectivity index (χ4v) is 4.50. The maximum Gasteiger partial charge on any atom is 0.310 e. The number of hydrogen-bond donors (Lipinski definition) is 0. The van der Waals surface area contributed by atoms with Gasteiger partial charge in [0.2, 0.25) is 6.19 Å². The lowest BCUT2D eigenvalue weighted by molar-refractivity contribution is -0.150. The molecule has 2 unspecified atom stereocenters. The molecule has 196 valence electrons. The number of allylic oxidation sites excluding steroid dienone is 3. The fraction of sp³-hybridized carbons (Fsp3) is 0.483. The van der Waals surface area contributed by atoms with Crippen molar-refractivity contribution in [2.75, 3.05) is 7.05 Å². The zero-order chi connectivity index (χ0) is 27.9. The van der Waals surface area contributed by atoms with Crippen molar-refractivity contribution in [1.29, 1.82) is 5.26 Å². The highest BCUT2D eigenvalue weighted by Crippen LogP contribution is 2.60. The number of hydrogen-bond acceptors (Lipinski definition) is 6. The molecule has 37 heavy (non-hydrogen) atoms. The number of aromatic nitrogens is 1. The molecule has 0 N–H and O–H groups in total. The first-order chi connectivity index (χ1) is 17.3. The molecule has 1 aromatic heterocycles. The zero-order valence-corrected chi connectivity index (χ0v) is 23.4. The molecule has 1 fully saturated rings. The number of amidine groups is 1. The number of ketones is 1. The molecule has 0 aromatic carbocycles. The number of ether oxygens (including phenoxy) is 1.